The third-order valence-corrected chi connectivity index (χ3v) is 4.40. The van der Waals surface area contributed by atoms with E-state index in [1.807, 2.05) is 35.2 Å². The van der Waals surface area contributed by atoms with E-state index in [9.17, 15) is 4.79 Å². The Labute approximate surface area is 122 Å². The van der Waals surface area contributed by atoms with Crippen molar-refractivity contribution in [3.63, 3.8) is 0 Å². The molecule has 0 spiro atoms. The maximum absolute atomic E-state index is 12.5. The fraction of sp³-hybridized carbons (Fsp3) is 0.588. The van der Waals surface area contributed by atoms with Crippen molar-refractivity contribution in [3.05, 3.63) is 35.9 Å². The van der Waals surface area contributed by atoms with Gasteiger partial charge in [0.15, 0.2) is 0 Å². The smallest absolute Gasteiger partial charge is 0.227 e. The van der Waals surface area contributed by atoms with Crippen LogP contribution in [0.5, 0.6) is 0 Å². The van der Waals surface area contributed by atoms with E-state index in [1.165, 1.54) is 0 Å². The second-order valence-electron chi connectivity index (χ2n) is 6.40. The summed E-state index contributed by atoms with van der Waals surface area (Å²) in [6.07, 6.45) is 0.520. The Morgan fingerprint density at radius 1 is 1.25 bits per heavy atom. The molecule has 1 fully saturated rings. The number of hydrogen-bond acceptors (Lipinski definition) is 2. The number of benzene rings is 1. The molecule has 1 aromatic carbocycles. The van der Waals surface area contributed by atoms with E-state index in [2.05, 4.69) is 32.8 Å². The topological polar surface area (TPSA) is 23.6 Å². The number of carbonyl (C=O) groups excluding carboxylic acids is 1. The number of likely N-dealkylation sites (N-methyl/N-ethyl adjacent to an activating group) is 1. The molecule has 2 atom stereocenters. The second kappa shape index (κ2) is 6.40. The molecule has 0 N–H and O–H groups in total. The molecule has 2 rings (SSSR count). The van der Waals surface area contributed by atoms with Gasteiger partial charge in [0, 0.05) is 19.1 Å². The van der Waals surface area contributed by atoms with Crippen LogP contribution < -0.4 is 0 Å². The fourth-order valence-electron chi connectivity index (χ4n) is 3.10. The van der Waals surface area contributed by atoms with Crippen LogP contribution in [0, 0.1) is 11.8 Å². The minimum Gasteiger partial charge on any atom is -0.340 e. The SMILES string of the molecule is CC(C)[C@@H]1CN(C(=O)Cc2ccccc2)C[C@H]1N(C)C. The van der Waals surface area contributed by atoms with Gasteiger partial charge >= 0.3 is 0 Å². The summed E-state index contributed by atoms with van der Waals surface area (Å²) in [5.41, 5.74) is 1.10. The van der Waals surface area contributed by atoms with Crippen LogP contribution in [0.1, 0.15) is 19.4 Å². The van der Waals surface area contributed by atoms with Crippen molar-refractivity contribution in [1.29, 1.82) is 0 Å². The Balaban J connectivity index is 2.01. The van der Waals surface area contributed by atoms with Gasteiger partial charge in [-0.15, -0.1) is 0 Å². The Kier molecular flexibility index (Phi) is 4.81. The van der Waals surface area contributed by atoms with Gasteiger partial charge in [-0.1, -0.05) is 44.2 Å². The first-order valence-corrected chi connectivity index (χ1v) is 7.47. The van der Waals surface area contributed by atoms with Crippen LogP contribution in [0.4, 0.5) is 0 Å². The van der Waals surface area contributed by atoms with Crippen LogP contribution >= 0.6 is 0 Å². The summed E-state index contributed by atoms with van der Waals surface area (Å²) in [6.45, 7) is 6.27. The number of hydrogen-bond donors (Lipinski definition) is 0. The average molecular weight is 274 g/mol. The largest absolute Gasteiger partial charge is 0.340 e. The summed E-state index contributed by atoms with van der Waals surface area (Å²) < 4.78 is 0. The Morgan fingerprint density at radius 3 is 2.40 bits per heavy atom. The summed E-state index contributed by atoms with van der Waals surface area (Å²) in [5.74, 6) is 1.44. The number of likely N-dealkylation sites (tertiary alicyclic amines) is 1. The van der Waals surface area contributed by atoms with Gasteiger partial charge in [-0.2, -0.15) is 0 Å². The Morgan fingerprint density at radius 2 is 1.90 bits per heavy atom. The van der Waals surface area contributed by atoms with Crippen LogP contribution in [-0.4, -0.2) is 48.9 Å². The third kappa shape index (κ3) is 3.40. The average Bonchev–Trinajstić information content (AvgIpc) is 2.85. The molecule has 1 amide bonds. The predicted octanol–water partition coefficient (Wildman–Crippen LogP) is 2.27. The van der Waals surface area contributed by atoms with Gasteiger partial charge in [0.1, 0.15) is 0 Å². The van der Waals surface area contributed by atoms with Crippen molar-refractivity contribution >= 4 is 5.91 Å². The van der Waals surface area contributed by atoms with Gasteiger partial charge in [-0.05, 0) is 31.5 Å². The van der Waals surface area contributed by atoms with Crippen molar-refractivity contribution in [2.45, 2.75) is 26.3 Å². The van der Waals surface area contributed by atoms with Crippen molar-refractivity contribution in [1.82, 2.24) is 9.80 Å². The quantitative estimate of drug-likeness (QED) is 0.841. The number of amides is 1. The lowest BCUT2D eigenvalue weighted by atomic mass is 9.91. The summed E-state index contributed by atoms with van der Waals surface area (Å²) in [4.78, 5) is 16.8. The van der Waals surface area contributed by atoms with E-state index in [0.717, 1.165) is 18.7 Å². The van der Waals surface area contributed by atoms with Crippen molar-refractivity contribution in [2.24, 2.45) is 11.8 Å². The van der Waals surface area contributed by atoms with Gasteiger partial charge < -0.3 is 9.80 Å². The van der Waals surface area contributed by atoms with Crippen molar-refractivity contribution in [2.75, 3.05) is 27.2 Å². The van der Waals surface area contributed by atoms with Gasteiger partial charge in [0.05, 0.1) is 6.42 Å². The van der Waals surface area contributed by atoms with Crippen LogP contribution in [0.2, 0.25) is 0 Å². The van der Waals surface area contributed by atoms with Crippen molar-refractivity contribution in [3.8, 4) is 0 Å². The molecule has 1 heterocycles. The molecule has 20 heavy (non-hydrogen) atoms. The third-order valence-electron chi connectivity index (χ3n) is 4.40. The highest BCUT2D eigenvalue weighted by Crippen LogP contribution is 2.27. The van der Waals surface area contributed by atoms with E-state index >= 15 is 0 Å². The maximum atomic E-state index is 12.5. The highest BCUT2D eigenvalue weighted by Gasteiger charge is 2.37. The molecular weight excluding hydrogens is 248 g/mol. The van der Waals surface area contributed by atoms with Crippen LogP contribution in [0.15, 0.2) is 30.3 Å². The summed E-state index contributed by atoms with van der Waals surface area (Å²) in [6, 6.07) is 10.5. The number of nitrogens with zero attached hydrogens (tertiary/aromatic N) is 2. The normalized spacial score (nSPS) is 22.8. The van der Waals surface area contributed by atoms with E-state index in [-0.39, 0.29) is 5.91 Å². The molecule has 3 heteroatoms. The molecule has 0 radical (unpaired) electrons. The first kappa shape index (κ1) is 15.0. The monoisotopic (exact) mass is 274 g/mol. The summed E-state index contributed by atoms with van der Waals surface area (Å²) >= 11 is 0. The molecule has 1 aliphatic rings. The van der Waals surface area contributed by atoms with E-state index in [1.54, 1.807) is 0 Å². The Hall–Kier alpha value is -1.35. The summed E-state index contributed by atoms with van der Waals surface area (Å²) in [7, 11) is 4.23. The molecule has 1 aromatic rings. The van der Waals surface area contributed by atoms with Gasteiger partial charge in [-0.25, -0.2) is 0 Å². The number of carbonyl (C=O) groups is 1. The van der Waals surface area contributed by atoms with Crippen LogP contribution in [0.25, 0.3) is 0 Å². The van der Waals surface area contributed by atoms with Gasteiger partial charge in [-0.3, -0.25) is 4.79 Å². The summed E-state index contributed by atoms with van der Waals surface area (Å²) in [5, 5.41) is 0. The zero-order chi connectivity index (χ0) is 14.7. The second-order valence-corrected chi connectivity index (χ2v) is 6.40. The lowest BCUT2D eigenvalue weighted by Gasteiger charge is -2.27. The van der Waals surface area contributed by atoms with Gasteiger partial charge in [0.2, 0.25) is 5.91 Å². The molecule has 0 aliphatic carbocycles. The molecule has 110 valence electrons. The van der Waals surface area contributed by atoms with Crippen LogP contribution in [0.3, 0.4) is 0 Å². The zero-order valence-corrected chi connectivity index (χ0v) is 13.0. The van der Waals surface area contributed by atoms with E-state index in [4.69, 9.17) is 0 Å². The molecule has 1 aliphatic heterocycles. The maximum Gasteiger partial charge on any atom is 0.227 e. The number of rotatable bonds is 4. The standard InChI is InChI=1S/C17H26N2O/c1-13(2)15-11-19(12-16(15)18(3)4)17(20)10-14-8-6-5-7-9-14/h5-9,13,15-16H,10-12H2,1-4H3/t15-,16+/m0/s1. The zero-order valence-electron chi connectivity index (χ0n) is 13.0. The molecule has 3 nitrogen and oxygen atoms in total. The van der Waals surface area contributed by atoms with Crippen molar-refractivity contribution < 1.29 is 4.79 Å². The van der Waals surface area contributed by atoms with E-state index < -0.39 is 0 Å². The first-order valence-electron chi connectivity index (χ1n) is 7.47. The minimum atomic E-state index is 0.256. The Bertz CT molecular complexity index is 426. The fourth-order valence-corrected chi connectivity index (χ4v) is 3.10. The minimum absolute atomic E-state index is 0.256. The first-order chi connectivity index (χ1) is 9.49. The van der Waals surface area contributed by atoms with Crippen LogP contribution in [-0.2, 0) is 11.2 Å². The molecular formula is C17H26N2O. The lowest BCUT2D eigenvalue weighted by molar-refractivity contribution is -0.129. The van der Waals surface area contributed by atoms with E-state index in [0.29, 0.717) is 24.3 Å². The molecule has 0 unspecified atom stereocenters. The lowest BCUT2D eigenvalue weighted by Crippen LogP contribution is -2.37. The van der Waals surface area contributed by atoms with Gasteiger partial charge in [0.25, 0.3) is 0 Å². The molecule has 0 aromatic heterocycles. The highest BCUT2D eigenvalue weighted by atomic mass is 16.2. The molecule has 0 bridgehead atoms. The molecule has 1 saturated heterocycles. The predicted molar refractivity (Wildman–Crippen MR) is 82.5 cm³/mol. The molecule has 0 saturated carbocycles. The highest BCUT2D eigenvalue weighted by molar-refractivity contribution is 5.79.